The van der Waals surface area contributed by atoms with E-state index in [1.165, 1.54) is 30.4 Å². The van der Waals surface area contributed by atoms with Crippen molar-refractivity contribution in [2.75, 3.05) is 13.1 Å². The van der Waals surface area contributed by atoms with Gasteiger partial charge in [0.15, 0.2) is 0 Å². The second-order valence-corrected chi connectivity index (χ2v) is 9.88. The van der Waals surface area contributed by atoms with Gasteiger partial charge in [0.25, 0.3) is 0 Å². The van der Waals surface area contributed by atoms with Gasteiger partial charge in [0.1, 0.15) is 5.78 Å². The first kappa shape index (κ1) is 25.9. The summed E-state index contributed by atoms with van der Waals surface area (Å²) in [5.74, 6) is 1.14. The molecule has 1 aromatic carbocycles. The molecule has 1 heterocycles. The van der Waals surface area contributed by atoms with Crippen LogP contribution in [-0.2, 0) is 16.0 Å². The number of aryl methyl sites for hydroxylation is 2. The number of ketones is 1. The van der Waals surface area contributed by atoms with Crippen LogP contribution in [0.3, 0.4) is 0 Å². The number of Topliss-reactive ketones (excluding diaryl/α,β-unsaturated/α-hetero) is 1. The third-order valence-electron chi connectivity index (χ3n) is 7.17. The summed E-state index contributed by atoms with van der Waals surface area (Å²) in [6.07, 6.45) is 10.2. The van der Waals surface area contributed by atoms with Crippen molar-refractivity contribution >= 4 is 23.3 Å². The van der Waals surface area contributed by atoms with Crippen molar-refractivity contribution in [1.82, 2.24) is 4.90 Å². The van der Waals surface area contributed by atoms with E-state index in [1.807, 2.05) is 11.0 Å². The second-order valence-electron chi connectivity index (χ2n) is 9.44. The summed E-state index contributed by atoms with van der Waals surface area (Å²) in [6, 6.07) is 6.13. The average Bonchev–Trinajstić information content (AvgIpc) is 2.78. The number of likely N-dealkylation sites (tertiary alicyclic amines) is 1. The van der Waals surface area contributed by atoms with Gasteiger partial charge in [-0.1, -0.05) is 57.7 Å². The average molecular weight is 448 g/mol. The molecule has 174 valence electrons. The molecule has 1 atom stereocenters. The SMILES string of the molecule is CCC(CC)C(=O)N1CCC(C(=O)C(C)CCCCCCc2cc(Cl)ccc2C)CC1. The Morgan fingerprint density at radius 3 is 2.35 bits per heavy atom. The Bertz CT molecular complexity index is 705. The zero-order valence-corrected chi connectivity index (χ0v) is 20.8. The first-order chi connectivity index (χ1) is 14.9. The van der Waals surface area contributed by atoms with Crippen molar-refractivity contribution < 1.29 is 9.59 Å². The monoisotopic (exact) mass is 447 g/mol. The fraction of sp³-hybridized carbons (Fsp3) is 0.704. The Labute approximate surface area is 194 Å². The third-order valence-corrected chi connectivity index (χ3v) is 7.41. The van der Waals surface area contributed by atoms with E-state index >= 15 is 0 Å². The Morgan fingerprint density at radius 2 is 1.71 bits per heavy atom. The molecule has 3 nitrogen and oxygen atoms in total. The fourth-order valence-corrected chi connectivity index (χ4v) is 5.05. The van der Waals surface area contributed by atoms with Gasteiger partial charge in [-0.2, -0.15) is 0 Å². The highest BCUT2D eigenvalue weighted by Gasteiger charge is 2.31. The van der Waals surface area contributed by atoms with Crippen molar-refractivity contribution in [1.29, 1.82) is 0 Å². The fourth-order valence-electron chi connectivity index (χ4n) is 4.85. The molecule has 1 aromatic rings. The van der Waals surface area contributed by atoms with Gasteiger partial charge in [0.2, 0.25) is 5.91 Å². The number of hydrogen-bond donors (Lipinski definition) is 0. The van der Waals surface area contributed by atoms with Crippen LogP contribution in [0.2, 0.25) is 5.02 Å². The maximum atomic E-state index is 12.9. The molecule has 0 radical (unpaired) electrons. The Balaban J connectivity index is 1.63. The van der Waals surface area contributed by atoms with Crippen LogP contribution in [0.1, 0.15) is 89.7 Å². The van der Waals surface area contributed by atoms with Crippen molar-refractivity contribution in [3.63, 3.8) is 0 Å². The number of halogens is 1. The zero-order valence-electron chi connectivity index (χ0n) is 20.1. The minimum Gasteiger partial charge on any atom is -0.342 e. The van der Waals surface area contributed by atoms with Crippen LogP contribution in [-0.4, -0.2) is 29.7 Å². The maximum absolute atomic E-state index is 12.9. The molecule has 1 amide bonds. The van der Waals surface area contributed by atoms with Crippen molar-refractivity contribution in [2.24, 2.45) is 17.8 Å². The lowest BCUT2D eigenvalue weighted by molar-refractivity contribution is -0.139. The molecule has 31 heavy (non-hydrogen) atoms. The van der Waals surface area contributed by atoms with E-state index in [-0.39, 0.29) is 23.7 Å². The van der Waals surface area contributed by atoms with Gasteiger partial charge < -0.3 is 4.90 Å². The predicted molar refractivity (Wildman–Crippen MR) is 131 cm³/mol. The minimum atomic E-state index is 0.140. The molecule has 1 unspecified atom stereocenters. The summed E-state index contributed by atoms with van der Waals surface area (Å²) < 4.78 is 0. The maximum Gasteiger partial charge on any atom is 0.225 e. The largest absolute Gasteiger partial charge is 0.342 e. The van der Waals surface area contributed by atoms with Gasteiger partial charge in [0.05, 0.1) is 0 Å². The molecule has 2 rings (SSSR count). The molecule has 1 aliphatic heterocycles. The van der Waals surface area contributed by atoms with Gasteiger partial charge in [0, 0.05) is 35.9 Å². The standard InChI is InChI=1S/C27H42ClNO2/c1-5-22(6-2)27(31)29-17-15-23(16-18-29)26(30)21(4)11-9-7-8-10-12-24-19-25(28)14-13-20(24)3/h13-14,19,21-23H,5-12,15-18H2,1-4H3. The van der Waals surface area contributed by atoms with E-state index in [4.69, 9.17) is 11.6 Å². The van der Waals surface area contributed by atoms with Crippen LogP contribution < -0.4 is 0 Å². The first-order valence-electron chi connectivity index (χ1n) is 12.4. The number of rotatable bonds is 12. The summed E-state index contributed by atoms with van der Waals surface area (Å²) in [6.45, 7) is 9.91. The highest BCUT2D eigenvalue weighted by Crippen LogP contribution is 2.26. The van der Waals surface area contributed by atoms with E-state index in [0.29, 0.717) is 5.78 Å². The van der Waals surface area contributed by atoms with Gasteiger partial charge in [-0.3, -0.25) is 9.59 Å². The van der Waals surface area contributed by atoms with Crippen LogP contribution in [0.5, 0.6) is 0 Å². The Kier molecular flexibility index (Phi) is 11.1. The number of amides is 1. The van der Waals surface area contributed by atoms with Crippen molar-refractivity contribution in [2.45, 2.75) is 91.9 Å². The number of piperidine rings is 1. The van der Waals surface area contributed by atoms with Crippen LogP contribution in [0, 0.1) is 24.7 Å². The molecular weight excluding hydrogens is 406 g/mol. The highest BCUT2D eigenvalue weighted by atomic mass is 35.5. The molecule has 1 aliphatic rings. The highest BCUT2D eigenvalue weighted by molar-refractivity contribution is 6.30. The molecule has 0 spiro atoms. The molecule has 0 aromatic heterocycles. The van der Waals surface area contributed by atoms with Crippen LogP contribution in [0.4, 0.5) is 0 Å². The summed E-state index contributed by atoms with van der Waals surface area (Å²) in [5, 5.41) is 0.818. The molecule has 1 saturated heterocycles. The van der Waals surface area contributed by atoms with Crippen LogP contribution >= 0.6 is 11.6 Å². The lowest BCUT2D eigenvalue weighted by Gasteiger charge is -2.34. The molecule has 4 heteroatoms. The number of benzene rings is 1. The summed E-state index contributed by atoms with van der Waals surface area (Å²) >= 11 is 6.11. The first-order valence-corrected chi connectivity index (χ1v) is 12.8. The lowest BCUT2D eigenvalue weighted by Crippen LogP contribution is -2.43. The molecular formula is C27H42ClNO2. The molecule has 0 saturated carbocycles. The molecule has 0 bridgehead atoms. The van der Waals surface area contributed by atoms with Crippen LogP contribution in [0.25, 0.3) is 0 Å². The van der Waals surface area contributed by atoms with Gasteiger partial charge in [-0.25, -0.2) is 0 Å². The van der Waals surface area contributed by atoms with Crippen LogP contribution in [0.15, 0.2) is 18.2 Å². The van der Waals surface area contributed by atoms with E-state index in [1.54, 1.807) is 0 Å². The lowest BCUT2D eigenvalue weighted by atomic mass is 9.84. The number of carbonyl (C=O) groups is 2. The molecule has 0 N–H and O–H groups in total. The van der Waals surface area contributed by atoms with Gasteiger partial charge in [-0.05, 0) is 75.1 Å². The number of hydrogen-bond acceptors (Lipinski definition) is 2. The van der Waals surface area contributed by atoms with Crippen molar-refractivity contribution in [3.8, 4) is 0 Å². The zero-order chi connectivity index (χ0) is 22.8. The number of nitrogens with zero attached hydrogens (tertiary/aromatic N) is 1. The normalized spacial score (nSPS) is 16.0. The summed E-state index contributed by atoms with van der Waals surface area (Å²) in [5.41, 5.74) is 2.67. The molecule has 0 aliphatic carbocycles. The minimum absolute atomic E-state index is 0.140. The number of unbranched alkanes of at least 4 members (excludes halogenated alkanes) is 3. The Morgan fingerprint density at radius 1 is 1.06 bits per heavy atom. The second kappa shape index (κ2) is 13.3. The van der Waals surface area contributed by atoms with E-state index < -0.39 is 0 Å². The van der Waals surface area contributed by atoms with E-state index in [0.717, 1.165) is 63.1 Å². The summed E-state index contributed by atoms with van der Waals surface area (Å²) in [7, 11) is 0. The topological polar surface area (TPSA) is 37.4 Å². The van der Waals surface area contributed by atoms with E-state index in [9.17, 15) is 9.59 Å². The van der Waals surface area contributed by atoms with Gasteiger partial charge in [-0.15, -0.1) is 0 Å². The summed E-state index contributed by atoms with van der Waals surface area (Å²) in [4.78, 5) is 27.4. The van der Waals surface area contributed by atoms with Gasteiger partial charge >= 0.3 is 0 Å². The smallest absolute Gasteiger partial charge is 0.225 e. The quantitative estimate of drug-likeness (QED) is 0.323. The van der Waals surface area contributed by atoms with Crippen molar-refractivity contribution in [3.05, 3.63) is 34.3 Å². The number of carbonyl (C=O) groups excluding carboxylic acids is 2. The molecule has 1 fully saturated rings. The predicted octanol–water partition coefficient (Wildman–Crippen LogP) is 7.02. The Hall–Kier alpha value is -1.35. The third kappa shape index (κ3) is 7.93. The van der Waals surface area contributed by atoms with E-state index in [2.05, 4.69) is 39.8 Å².